The van der Waals surface area contributed by atoms with Crippen molar-refractivity contribution >= 4 is 23.5 Å². The molecule has 1 aromatic carbocycles. The summed E-state index contributed by atoms with van der Waals surface area (Å²) in [4.78, 5) is 37.0. The van der Waals surface area contributed by atoms with E-state index in [9.17, 15) is 14.4 Å². The number of primary amides is 1. The molecular weight excluding hydrogens is 296 g/mol. The molecule has 7 nitrogen and oxygen atoms in total. The van der Waals surface area contributed by atoms with Crippen LogP contribution in [0.15, 0.2) is 24.3 Å². The largest absolute Gasteiger partial charge is 0.369 e. The Bertz CT molecular complexity index is 603. The van der Waals surface area contributed by atoms with Crippen LogP contribution in [-0.2, 0) is 4.79 Å². The van der Waals surface area contributed by atoms with Crippen molar-refractivity contribution in [1.29, 1.82) is 0 Å². The van der Waals surface area contributed by atoms with E-state index in [1.807, 2.05) is 6.92 Å². The first-order chi connectivity index (χ1) is 11.0. The first kappa shape index (κ1) is 16.8. The first-order valence-corrected chi connectivity index (χ1v) is 7.74. The fourth-order valence-electron chi connectivity index (χ4n) is 2.60. The Kier molecular flexibility index (Phi) is 5.56. The highest BCUT2D eigenvalue weighted by Gasteiger charge is 2.27. The number of piperidine rings is 1. The van der Waals surface area contributed by atoms with E-state index in [2.05, 4.69) is 10.6 Å². The molecule has 0 spiro atoms. The molecule has 2 rings (SSSR count). The fourth-order valence-corrected chi connectivity index (χ4v) is 2.60. The quantitative estimate of drug-likeness (QED) is 0.776. The minimum absolute atomic E-state index is 0.185. The predicted octanol–water partition coefficient (Wildman–Crippen LogP) is 1.17. The molecule has 23 heavy (non-hydrogen) atoms. The van der Waals surface area contributed by atoms with Crippen molar-refractivity contribution in [3.63, 3.8) is 0 Å². The van der Waals surface area contributed by atoms with Gasteiger partial charge in [0.1, 0.15) is 0 Å². The Morgan fingerprint density at radius 1 is 1.35 bits per heavy atom. The van der Waals surface area contributed by atoms with Crippen molar-refractivity contribution in [1.82, 2.24) is 10.2 Å². The van der Waals surface area contributed by atoms with Gasteiger partial charge in [-0.2, -0.15) is 0 Å². The van der Waals surface area contributed by atoms with Crippen LogP contribution in [0.5, 0.6) is 0 Å². The molecule has 1 atom stereocenters. The van der Waals surface area contributed by atoms with Crippen molar-refractivity contribution in [3.8, 4) is 0 Å². The molecule has 0 unspecified atom stereocenters. The minimum atomic E-state index is -0.374. The van der Waals surface area contributed by atoms with E-state index in [1.54, 1.807) is 29.2 Å². The molecular formula is C16H22N4O3. The number of nitrogens with one attached hydrogen (secondary N) is 2. The molecule has 1 aliphatic rings. The Morgan fingerprint density at radius 2 is 2.13 bits per heavy atom. The van der Waals surface area contributed by atoms with E-state index in [4.69, 9.17) is 5.73 Å². The number of likely N-dealkylation sites (tertiary alicyclic amines) is 1. The number of urea groups is 1. The number of hydrogen-bond acceptors (Lipinski definition) is 3. The van der Waals surface area contributed by atoms with E-state index in [0.717, 1.165) is 6.42 Å². The first-order valence-electron chi connectivity index (χ1n) is 7.74. The van der Waals surface area contributed by atoms with Gasteiger partial charge in [-0.1, -0.05) is 6.07 Å². The zero-order valence-electron chi connectivity index (χ0n) is 13.2. The molecule has 0 saturated carbocycles. The average Bonchev–Trinajstić information content (AvgIpc) is 2.55. The zero-order chi connectivity index (χ0) is 16.8. The van der Waals surface area contributed by atoms with Crippen molar-refractivity contribution in [3.05, 3.63) is 29.8 Å². The standard InChI is InChI=1S/C16H22N4O3/c1-2-18-15(22)11-5-3-7-13(9-11)19-16(23)20-8-4-6-12(10-20)14(17)21/h3,5,7,9,12H,2,4,6,8,10H2,1H3,(H2,17,21)(H,18,22)(H,19,23)/t12-/m0/s1. The Morgan fingerprint density at radius 3 is 2.83 bits per heavy atom. The summed E-state index contributed by atoms with van der Waals surface area (Å²) < 4.78 is 0. The lowest BCUT2D eigenvalue weighted by Crippen LogP contribution is -2.45. The van der Waals surface area contributed by atoms with Gasteiger partial charge < -0.3 is 21.3 Å². The van der Waals surface area contributed by atoms with E-state index in [-0.39, 0.29) is 23.8 Å². The van der Waals surface area contributed by atoms with E-state index < -0.39 is 0 Å². The molecule has 1 aliphatic heterocycles. The number of benzene rings is 1. The van der Waals surface area contributed by atoms with Crippen molar-refractivity contribution < 1.29 is 14.4 Å². The van der Waals surface area contributed by atoms with Gasteiger partial charge in [0.05, 0.1) is 5.92 Å². The third-order valence-electron chi connectivity index (χ3n) is 3.82. The van der Waals surface area contributed by atoms with E-state index >= 15 is 0 Å². The fraction of sp³-hybridized carbons (Fsp3) is 0.438. The molecule has 4 amide bonds. The van der Waals surface area contributed by atoms with E-state index in [0.29, 0.717) is 37.3 Å². The van der Waals surface area contributed by atoms with Gasteiger partial charge in [-0.25, -0.2) is 4.79 Å². The van der Waals surface area contributed by atoms with Gasteiger partial charge in [0.25, 0.3) is 5.91 Å². The maximum atomic E-state index is 12.3. The normalized spacial score (nSPS) is 17.4. The maximum Gasteiger partial charge on any atom is 0.321 e. The van der Waals surface area contributed by atoms with Crippen LogP contribution < -0.4 is 16.4 Å². The third kappa shape index (κ3) is 4.45. The topological polar surface area (TPSA) is 105 Å². The lowest BCUT2D eigenvalue weighted by molar-refractivity contribution is -0.123. The number of nitrogens with zero attached hydrogens (tertiary/aromatic N) is 1. The van der Waals surface area contributed by atoms with Crippen LogP contribution in [0.3, 0.4) is 0 Å². The number of carbonyl (C=O) groups excluding carboxylic acids is 3. The van der Waals surface area contributed by atoms with Gasteiger partial charge in [-0.15, -0.1) is 0 Å². The Hall–Kier alpha value is -2.57. The van der Waals surface area contributed by atoms with Gasteiger partial charge in [-0.3, -0.25) is 9.59 Å². The highest BCUT2D eigenvalue weighted by molar-refractivity contribution is 5.97. The summed E-state index contributed by atoms with van der Waals surface area (Å²) in [6, 6.07) is 6.45. The van der Waals surface area contributed by atoms with Crippen LogP contribution in [0.4, 0.5) is 10.5 Å². The highest BCUT2D eigenvalue weighted by atomic mass is 16.2. The number of hydrogen-bond donors (Lipinski definition) is 3. The SMILES string of the molecule is CCNC(=O)c1cccc(NC(=O)N2CCC[C@H](C(N)=O)C2)c1. The van der Waals surface area contributed by atoms with Crippen LogP contribution in [-0.4, -0.2) is 42.4 Å². The summed E-state index contributed by atoms with van der Waals surface area (Å²) in [6.45, 7) is 3.30. The lowest BCUT2D eigenvalue weighted by Gasteiger charge is -2.31. The second-order valence-electron chi connectivity index (χ2n) is 5.56. The average molecular weight is 318 g/mol. The van der Waals surface area contributed by atoms with Gasteiger partial charge >= 0.3 is 6.03 Å². The summed E-state index contributed by atoms with van der Waals surface area (Å²) in [5.41, 5.74) is 6.35. The molecule has 0 radical (unpaired) electrons. The van der Waals surface area contributed by atoms with Crippen molar-refractivity contribution in [2.45, 2.75) is 19.8 Å². The van der Waals surface area contributed by atoms with Crippen LogP contribution in [0, 0.1) is 5.92 Å². The van der Waals surface area contributed by atoms with Crippen molar-refractivity contribution in [2.75, 3.05) is 25.0 Å². The molecule has 4 N–H and O–H groups in total. The molecule has 0 aliphatic carbocycles. The maximum absolute atomic E-state index is 12.3. The van der Waals surface area contributed by atoms with Crippen LogP contribution >= 0.6 is 0 Å². The summed E-state index contributed by atoms with van der Waals surface area (Å²) in [5, 5.41) is 5.47. The smallest absolute Gasteiger partial charge is 0.321 e. The molecule has 1 fully saturated rings. The zero-order valence-corrected chi connectivity index (χ0v) is 13.2. The molecule has 0 bridgehead atoms. The highest BCUT2D eigenvalue weighted by Crippen LogP contribution is 2.18. The summed E-state index contributed by atoms with van der Waals surface area (Å²) >= 11 is 0. The van der Waals surface area contributed by atoms with E-state index in [1.165, 1.54) is 0 Å². The Labute approximate surface area is 135 Å². The number of nitrogens with two attached hydrogens (primary N) is 1. The lowest BCUT2D eigenvalue weighted by atomic mass is 9.98. The van der Waals surface area contributed by atoms with Crippen molar-refractivity contribution in [2.24, 2.45) is 11.7 Å². The van der Waals surface area contributed by atoms with Crippen LogP contribution in [0.1, 0.15) is 30.1 Å². The number of anilines is 1. The molecule has 0 aromatic heterocycles. The molecule has 1 aromatic rings. The van der Waals surface area contributed by atoms with Gasteiger partial charge in [0, 0.05) is 30.9 Å². The molecule has 1 saturated heterocycles. The summed E-state index contributed by atoms with van der Waals surface area (Å²) in [6.07, 6.45) is 1.46. The third-order valence-corrected chi connectivity index (χ3v) is 3.82. The molecule has 7 heteroatoms. The second kappa shape index (κ2) is 7.62. The number of rotatable bonds is 4. The predicted molar refractivity (Wildman–Crippen MR) is 87.0 cm³/mol. The minimum Gasteiger partial charge on any atom is -0.369 e. The molecule has 1 heterocycles. The monoisotopic (exact) mass is 318 g/mol. The van der Waals surface area contributed by atoms with Gasteiger partial charge in [-0.05, 0) is 38.0 Å². The van der Waals surface area contributed by atoms with Gasteiger partial charge in [0.15, 0.2) is 0 Å². The van der Waals surface area contributed by atoms with Crippen LogP contribution in [0.25, 0.3) is 0 Å². The number of carbonyl (C=O) groups is 3. The second-order valence-corrected chi connectivity index (χ2v) is 5.56. The summed E-state index contributed by atoms with van der Waals surface area (Å²) in [5.74, 6) is -0.854. The molecule has 124 valence electrons. The Balaban J connectivity index is 2.01. The van der Waals surface area contributed by atoms with Gasteiger partial charge in [0.2, 0.25) is 5.91 Å². The number of amides is 4. The summed E-state index contributed by atoms with van der Waals surface area (Å²) in [7, 11) is 0. The van der Waals surface area contributed by atoms with Crippen LogP contribution in [0.2, 0.25) is 0 Å².